The standard InChI is InChI=1S/C16H22N4O3/c1-10(18-13-5-3-4-11(8-13)15(17)22)16(23)20(2)9-14(21)19-12-6-7-12/h3-5,8,10,12,18H,6-7,9H2,1-2H3,(H2,17,22)(H,19,21). The molecule has 0 bridgehead atoms. The van der Waals surface area contributed by atoms with Crippen molar-refractivity contribution in [2.24, 2.45) is 5.73 Å². The maximum absolute atomic E-state index is 12.3. The summed E-state index contributed by atoms with van der Waals surface area (Å²) in [6.07, 6.45) is 2.02. The van der Waals surface area contributed by atoms with Gasteiger partial charge in [0.25, 0.3) is 0 Å². The number of carbonyl (C=O) groups is 3. The van der Waals surface area contributed by atoms with Gasteiger partial charge in [-0.15, -0.1) is 0 Å². The fourth-order valence-electron chi connectivity index (χ4n) is 2.20. The number of nitrogens with zero attached hydrogens (tertiary/aromatic N) is 1. The molecule has 23 heavy (non-hydrogen) atoms. The Bertz CT molecular complexity index is 613. The molecule has 0 saturated heterocycles. The van der Waals surface area contributed by atoms with Crippen molar-refractivity contribution in [3.8, 4) is 0 Å². The van der Waals surface area contributed by atoms with Crippen LogP contribution in [0.2, 0.25) is 0 Å². The number of primary amides is 1. The molecule has 124 valence electrons. The number of benzene rings is 1. The molecule has 0 heterocycles. The molecule has 1 aliphatic carbocycles. The first-order valence-corrected chi connectivity index (χ1v) is 7.57. The minimum Gasteiger partial charge on any atom is -0.374 e. The Hall–Kier alpha value is -2.57. The van der Waals surface area contributed by atoms with Crippen LogP contribution in [-0.4, -0.2) is 48.3 Å². The molecule has 2 rings (SSSR count). The Morgan fingerprint density at radius 1 is 1.35 bits per heavy atom. The van der Waals surface area contributed by atoms with Crippen LogP contribution in [0.5, 0.6) is 0 Å². The van der Waals surface area contributed by atoms with E-state index >= 15 is 0 Å². The zero-order valence-electron chi connectivity index (χ0n) is 13.3. The number of carbonyl (C=O) groups excluding carboxylic acids is 3. The lowest BCUT2D eigenvalue weighted by molar-refractivity contribution is -0.135. The third-order valence-corrected chi connectivity index (χ3v) is 3.60. The summed E-state index contributed by atoms with van der Waals surface area (Å²) in [4.78, 5) is 36.6. The summed E-state index contributed by atoms with van der Waals surface area (Å²) in [6, 6.07) is 6.37. The maximum Gasteiger partial charge on any atom is 0.248 e. The first-order valence-electron chi connectivity index (χ1n) is 7.57. The lowest BCUT2D eigenvalue weighted by Gasteiger charge is -2.22. The Labute approximate surface area is 135 Å². The van der Waals surface area contributed by atoms with E-state index in [9.17, 15) is 14.4 Å². The van der Waals surface area contributed by atoms with Crippen LogP contribution < -0.4 is 16.4 Å². The quantitative estimate of drug-likeness (QED) is 0.673. The van der Waals surface area contributed by atoms with Crippen LogP contribution in [0, 0.1) is 0 Å². The van der Waals surface area contributed by atoms with Crippen LogP contribution in [0.25, 0.3) is 0 Å². The number of hydrogen-bond donors (Lipinski definition) is 3. The van der Waals surface area contributed by atoms with Crippen LogP contribution in [0.4, 0.5) is 5.69 Å². The summed E-state index contributed by atoms with van der Waals surface area (Å²) in [7, 11) is 1.59. The van der Waals surface area contributed by atoms with Crippen molar-refractivity contribution in [1.29, 1.82) is 0 Å². The van der Waals surface area contributed by atoms with Gasteiger partial charge in [0, 0.05) is 24.3 Å². The number of nitrogens with two attached hydrogens (primary N) is 1. The van der Waals surface area contributed by atoms with Gasteiger partial charge in [0.2, 0.25) is 17.7 Å². The monoisotopic (exact) mass is 318 g/mol. The average molecular weight is 318 g/mol. The SMILES string of the molecule is CC(Nc1cccc(C(N)=O)c1)C(=O)N(C)CC(=O)NC1CC1. The third-order valence-electron chi connectivity index (χ3n) is 3.60. The van der Waals surface area contributed by atoms with E-state index in [1.807, 2.05) is 0 Å². The lowest BCUT2D eigenvalue weighted by Crippen LogP contribution is -2.44. The van der Waals surface area contributed by atoms with Crippen LogP contribution in [0.3, 0.4) is 0 Å². The van der Waals surface area contributed by atoms with Crippen molar-refractivity contribution >= 4 is 23.4 Å². The number of nitrogens with one attached hydrogen (secondary N) is 2. The first kappa shape index (κ1) is 16.8. The number of rotatable bonds is 7. The van der Waals surface area contributed by atoms with Crippen molar-refractivity contribution in [2.75, 3.05) is 18.9 Å². The topological polar surface area (TPSA) is 105 Å². The fourth-order valence-corrected chi connectivity index (χ4v) is 2.20. The molecule has 1 atom stereocenters. The maximum atomic E-state index is 12.3. The molecule has 0 spiro atoms. The van der Waals surface area contributed by atoms with E-state index in [0.717, 1.165) is 12.8 Å². The molecule has 1 fully saturated rings. The highest BCUT2D eigenvalue weighted by Crippen LogP contribution is 2.18. The summed E-state index contributed by atoms with van der Waals surface area (Å²) in [6.45, 7) is 1.73. The lowest BCUT2D eigenvalue weighted by atomic mass is 10.1. The van der Waals surface area contributed by atoms with E-state index in [1.54, 1.807) is 38.2 Å². The van der Waals surface area contributed by atoms with Gasteiger partial charge in [0.05, 0.1) is 6.54 Å². The molecular formula is C16H22N4O3. The minimum atomic E-state index is -0.531. The van der Waals surface area contributed by atoms with E-state index in [1.165, 1.54) is 4.90 Å². The van der Waals surface area contributed by atoms with Crippen molar-refractivity contribution < 1.29 is 14.4 Å². The molecule has 7 nitrogen and oxygen atoms in total. The first-order chi connectivity index (χ1) is 10.9. The Kier molecular flexibility index (Phi) is 5.20. The van der Waals surface area contributed by atoms with Gasteiger partial charge in [-0.3, -0.25) is 14.4 Å². The van der Waals surface area contributed by atoms with Crippen LogP contribution in [0.1, 0.15) is 30.1 Å². The summed E-state index contributed by atoms with van der Waals surface area (Å²) in [5.74, 6) is -0.881. The van der Waals surface area contributed by atoms with Crippen molar-refractivity contribution in [1.82, 2.24) is 10.2 Å². The number of likely N-dealkylation sites (N-methyl/N-ethyl adjacent to an activating group) is 1. The second-order valence-corrected chi connectivity index (χ2v) is 5.85. The molecule has 0 aliphatic heterocycles. The zero-order valence-corrected chi connectivity index (χ0v) is 13.3. The molecule has 3 amide bonds. The largest absolute Gasteiger partial charge is 0.374 e. The van der Waals surface area contributed by atoms with Gasteiger partial charge >= 0.3 is 0 Å². The van der Waals surface area contributed by atoms with E-state index in [2.05, 4.69) is 10.6 Å². The highest BCUT2D eigenvalue weighted by Gasteiger charge is 2.25. The molecule has 1 aromatic carbocycles. The average Bonchev–Trinajstić information content (AvgIpc) is 3.30. The fraction of sp³-hybridized carbons (Fsp3) is 0.438. The smallest absolute Gasteiger partial charge is 0.248 e. The van der Waals surface area contributed by atoms with Crippen LogP contribution in [-0.2, 0) is 9.59 Å². The van der Waals surface area contributed by atoms with Crippen molar-refractivity contribution in [3.63, 3.8) is 0 Å². The van der Waals surface area contributed by atoms with E-state index in [4.69, 9.17) is 5.73 Å². The normalized spacial score (nSPS) is 14.7. The van der Waals surface area contributed by atoms with E-state index in [0.29, 0.717) is 11.3 Å². The number of amides is 3. The van der Waals surface area contributed by atoms with Gasteiger partial charge in [-0.25, -0.2) is 0 Å². The molecule has 1 unspecified atom stereocenters. The van der Waals surface area contributed by atoms with Gasteiger partial charge in [-0.1, -0.05) is 6.07 Å². The molecule has 1 aliphatic rings. The van der Waals surface area contributed by atoms with Crippen LogP contribution in [0.15, 0.2) is 24.3 Å². The molecule has 0 radical (unpaired) electrons. The summed E-state index contributed by atoms with van der Waals surface area (Å²) in [5.41, 5.74) is 6.23. The van der Waals surface area contributed by atoms with Crippen LogP contribution >= 0.6 is 0 Å². The second kappa shape index (κ2) is 7.13. The molecule has 0 aromatic heterocycles. The molecule has 1 aromatic rings. The second-order valence-electron chi connectivity index (χ2n) is 5.85. The Balaban J connectivity index is 1.89. The van der Waals surface area contributed by atoms with Gasteiger partial charge in [0.1, 0.15) is 6.04 Å². The summed E-state index contributed by atoms with van der Waals surface area (Å²) in [5, 5.41) is 5.86. The van der Waals surface area contributed by atoms with Crippen molar-refractivity contribution in [3.05, 3.63) is 29.8 Å². The number of hydrogen-bond acceptors (Lipinski definition) is 4. The number of anilines is 1. The summed E-state index contributed by atoms with van der Waals surface area (Å²) < 4.78 is 0. The highest BCUT2D eigenvalue weighted by atomic mass is 16.2. The van der Waals surface area contributed by atoms with Gasteiger partial charge < -0.3 is 21.3 Å². The van der Waals surface area contributed by atoms with E-state index in [-0.39, 0.29) is 24.4 Å². The Morgan fingerprint density at radius 3 is 2.65 bits per heavy atom. The van der Waals surface area contributed by atoms with Gasteiger partial charge in [-0.05, 0) is 38.0 Å². The van der Waals surface area contributed by atoms with E-state index < -0.39 is 11.9 Å². The zero-order chi connectivity index (χ0) is 17.0. The summed E-state index contributed by atoms with van der Waals surface area (Å²) >= 11 is 0. The van der Waals surface area contributed by atoms with Gasteiger partial charge in [-0.2, -0.15) is 0 Å². The highest BCUT2D eigenvalue weighted by molar-refractivity contribution is 5.94. The molecule has 1 saturated carbocycles. The minimum absolute atomic E-state index is 0.0304. The predicted molar refractivity (Wildman–Crippen MR) is 86.8 cm³/mol. The molecular weight excluding hydrogens is 296 g/mol. The predicted octanol–water partition coefficient (Wildman–Crippen LogP) is 0.323. The van der Waals surface area contributed by atoms with Crippen molar-refractivity contribution in [2.45, 2.75) is 31.8 Å². The third kappa shape index (κ3) is 4.98. The van der Waals surface area contributed by atoms with Gasteiger partial charge in [0.15, 0.2) is 0 Å². The molecule has 7 heteroatoms. The Morgan fingerprint density at radius 2 is 2.04 bits per heavy atom. The molecule has 4 N–H and O–H groups in total.